The molecule has 7 nitrogen and oxygen atoms in total. The van der Waals surface area contributed by atoms with Crippen LogP contribution in [0.15, 0.2) is 18.2 Å². The predicted molar refractivity (Wildman–Crippen MR) is 71.2 cm³/mol. The Morgan fingerprint density at radius 2 is 2.10 bits per heavy atom. The summed E-state index contributed by atoms with van der Waals surface area (Å²) in [6.07, 6.45) is 0.657. The van der Waals surface area contributed by atoms with E-state index in [2.05, 4.69) is 5.10 Å². The molecule has 0 amide bonds. The van der Waals surface area contributed by atoms with Gasteiger partial charge < -0.3 is 4.74 Å². The second kappa shape index (κ2) is 5.12. The lowest BCUT2D eigenvalue weighted by molar-refractivity contribution is -0.384. The number of hydrogen-bond donors (Lipinski definition) is 0. The van der Waals surface area contributed by atoms with Crippen molar-refractivity contribution in [2.75, 3.05) is 0 Å². The molecule has 0 aliphatic heterocycles. The van der Waals surface area contributed by atoms with Crippen molar-refractivity contribution in [2.24, 2.45) is 7.05 Å². The highest BCUT2D eigenvalue weighted by molar-refractivity contribution is 5.80. The van der Waals surface area contributed by atoms with Crippen LogP contribution in [0.25, 0.3) is 0 Å². The smallest absolute Gasteiger partial charge is 0.273 e. The van der Waals surface area contributed by atoms with Crippen LogP contribution in [0.5, 0.6) is 11.6 Å². The van der Waals surface area contributed by atoms with E-state index in [1.54, 1.807) is 27.0 Å². The zero-order valence-corrected chi connectivity index (χ0v) is 11.3. The first kappa shape index (κ1) is 13.7. The van der Waals surface area contributed by atoms with Gasteiger partial charge in [-0.15, -0.1) is 0 Å². The molecule has 1 aromatic heterocycles. The molecule has 0 saturated carbocycles. The topological polar surface area (TPSA) is 87.3 Å². The molecule has 2 aromatic rings. The molecule has 0 aliphatic rings. The van der Waals surface area contributed by atoms with Crippen LogP contribution in [0, 0.1) is 24.0 Å². The number of aldehydes is 1. The van der Waals surface area contributed by atoms with Crippen molar-refractivity contribution < 1.29 is 14.5 Å². The lowest BCUT2D eigenvalue weighted by Crippen LogP contribution is -1.98. The third-order valence-electron chi connectivity index (χ3n) is 2.92. The first-order valence-corrected chi connectivity index (χ1v) is 5.85. The standard InChI is InChI=1S/C13H13N3O4/c1-8-4-5-10(16(18)19)6-12(8)20-13-11(7-17)9(2)14-15(13)3/h4-7H,1-3H3. The summed E-state index contributed by atoms with van der Waals surface area (Å²) in [7, 11) is 1.64. The van der Waals surface area contributed by atoms with E-state index in [4.69, 9.17) is 4.74 Å². The third-order valence-corrected chi connectivity index (χ3v) is 2.92. The molecule has 104 valence electrons. The summed E-state index contributed by atoms with van der Waals surface area (Å²) in [5.74, 6) is 0.589. The van der Waals surface area contributed by atoms with Crippen LogP contribution < -0.4 is 4.74 Å². The number of nitrogens with zero attached hydrogens (tertiary/aromatic N) is 3. The third kappa shape index (κ3) is 2.37. The Morgan fingerprint density at radius 1 is 1.40 bits per heavy atom. The number of rotatable bonds is 4. The summed E-state index contributed by atoms with van der Waals surface area (Å²) in [5, 5.41) is 14.9. The van der Waals surface area contributed by atoms with Gasteiger partial charge in [0.15, 0.2) is 6.29 Å². The number of nitro benzene ring substituents is 1. The van der Waals surface area contributed by atoms with Crippen LogP contribution in [0.2, 0.25) is 0 Å². The number of hydrogen-bond acceptors (Lipinski definition) is 5. The molecule has 0 bridgehead atoms. The number of aromatic nitrogens is 2. The maximum Gasteiger partial charge on any atom is 0.273 e. The van der Waals surface area contributed by atoms with Gasteiger partial charge in [-0.1, -0.05) is 0 Å². The number of carbonyl (C=O) groups excluding carboxylic acids is 1. The maximum atomic E-state index is 11.1. The van der Waals surface area contributed by atoms with E-state index in [9.17, 15) is 14.9 Å². The molecule has 2 rings (SSSR count). The molecule has 0 saturated heterocycles. The number of carbonyl (C=O) groups is 1. The van der Waals surface area contributed by atoms with Gasteiger partial charge in [-0.05, 0) is 25.5 Å². The second-order valence-corrected chi connectivity index (χ2v) is 4.35. The van der Waals surface area contributed by atoms with Crippen LogP contribution in [0.1, 0.15) is 21.6 Å². The number of non-ortho nitro benzene ring substituents is 1. The Hall–Kier alpha value is -2.70. The van der Waals surface area contributed by atoms with Gasteiger partial charge in [0, 0.05) is 13.1 Å². The summed E-state index contributed by atoms with van der Waals surface area (Å²) in [5.41, 5.74) is 1.53. The van der Waals surface area contributed by atoms with Crippen LogP contribution in [0.3, 0.4) is 0 Å². The molecule has 0 aliphatic carbocycles. The van der Waals surface area contributed by atoms with Gasteiger partial charge in [0.1, 0.15) is 5.75 Å². The molecule has 0 fully saturated rings. The first-order valence-electron chi connectivity index (χ1n) is 5.85. The number of nitro groups is 1. The van der Waals surface area contributed by atoms with E-state index in [1.807, 2.05) is 0 Å². The Morgan fingerprint density at radius 3 is 2.70 bits per heavy atom. The second-order valence-electron chi connectivity index (χ2n) is 4.35. The minimum atomic E-state index is -0.499. The fourth-order valence-corrected chi connectivity index (χ4v) is 1.83. The number of aryl methyl sites for hydroxylation is 3. The number of benzene rings is 1. The van der Waals surface area contributed by atoms with Crippen LogP contribution >= 0.6 is 0 Å². The first-order chi connectivity index (χ1) is 9.43. The zero-order chi connectivity index (χ0) is 14.9. The summed E-state index contributed by atoms with van der Waals surface area (Å²) >= 11 is 0. The minimum absolute atomic E-state index is 0.0721. The summed E-state index contributed by atoms with van der Waals surface area (Å²) in [4.78, 5) is 21.4. The van der Waals surface area contributed by atoms with E-state index >= 15 is 0 Å². The van der Waals surface area contributed by atoms with E-state index < -0.39 is 4.92 Å². The molecular formula is C13H13N3O4. The van der Waals surface area contributed by atoms with Crippen molar-refractivity contribution in [3.8, 4) is 11.6 Å². The summed E-state index contributed by atoms with van der Waals surface area (Å²) in [6.45, 7) is 3.46. The minimum Gasteiger partial charge on any atom is -0.438 e. The van der Waals surface area contributed by atoms with Gasteiger partial charge in [-0.25, -0.2) is 4.68 Å². The lowest BCUT2D eigenvalue weighted by Gasteiger charge is -2.09. The van der Waals surface area contributed by atoms with Crippen molar-refractivity contribution in [3.05, 3.63) is 45.1 Å². The molecule has 0 spiro atoms. The molecule has 0 radical (unpaired) electrons. The van der Waals surface area contributed by atoms with E-state index in [-0.39, 0.29) is 11.6 Å². The molecule has 20 heavy (non-hydrogen) atoms. The predicted octanol–water partition coefficient (Wildman–Crippen LogP) is 2.55. The highest BCUT2D eigenvalue weighted by atomic mass is 16.6. The van der Waals surface area contributed by atoms with Gasteiger partial charge in [-0.3, -0.25) is 14.9 Å². The number of ether oxygens (including phenoxy) is 1. The molecule has 1 aromatic carbocycles. The molecule has 1 heterocycles. The highest BCUT2D eigenvalue weighted by Gasteiger charge is 2.17. The molecule has 0 atom stereocenters. The Bertz CT molecular complexity index is 691. The molecule has 0 unspecified atom stereocenters. The Kier molecular flexibility index (Phi) is 3.51. The quantitative estimate of drug-likeness (QED) is 0.486. The maximum absolute atomic E-state index is 11.1. The van der Waals surface area contributed by atoms with Crippen molar-refractivity contribution >= 4 is 12.0 Å². The molecular weight excluding hydrogens is 262 g/mol. The van der Waals surface area contributed by atoms with E-state index in [0.29, 0.717) is 23.3 Å². The summed E-state index contributed by atoms with van der Waals surface area (Å²) in [6, 6.07) is 4.32. The van der Waals surface area contributed by atoms with Crippen molar-refractivity contribution in [2.45, 2.75) is 13.8 Å². The SMILES string of the molecule is Cc1ccc([N+](=O)[O-])cc1Oc1c(C=O)c(C)nn1C. The monoisotopic (exact) mass is 275 g/mol. The molecule has 7 heteroatoms. The van der Waals surface area contributed by atoms with Crippen molar-refractivity contribution in [1.82, 2.24) is 9.78 Å². The van der Waals surface area contributed by atoms with Crippen LogP contribution in [-0.4, -0.2) is 21.0 Å². The van der Waals surface area contributed by atoms with Gasteiger partial charge in [-0.2, -0.15) is 5.10 Å². The fraction of sp³-hybridized carbons (Fsp3) is 0.231. The molecule has 0 N–H and O–H groups in total. The average Bonchev–Trinajstić information content (AvgIpc) is 2.66. The van der Waals surface area contributed by atoms with E-state index in [1.165, 1.54) is 16.8 Å². The van der Waals surface area contributed by atoms with Gasteiger partial charge in [0.25, 0.3) is 5.69 Å². The largest absolute Gasteiger partial charge is 0.438 e. The highest BCUT2D eigenvalue weighted by Crippen LogP contribution is 2.31. The normalized spacial score (nSPS) is 10.3. The van der Waals surface area contributed by atoms with Gasteiger partial charge >= 0.3 is 0 Å². The van der Waals surface area contributed by atoms with Gasteiger partial charge in [0.05, 0.1) is 22.2 Å². The van der Waals surface area contributed by atoms with Crippen LogP contribution in [-0.2, 0) is 7.05 Å². The van der Waals surface area contributed by atoms with Crippen molar-refractivity contribution in [3.63, 3.8) is 0 Å². The average molecular weight is 275 g/mol. The summed E-state index contributed by atoms with van der Waals surface area (Å²) < 4.78 is 7.07. The Labute approximate surface area is 114 Å². The fourth-order valence-electron chi connectivity index (χ4n) is 1.83. The lowest BCUT2D eigenvalue weighted by atomic mass is 10.2. The van der Waals surface area contributed by atoms with E-state index in [0.717, 1.165) is 5.56 Å². The Balaban J connectivity index is 2.47. The van der Waals surface area contributed by atoms with Crippen LogP contribution in [0.4, 0.5) is 5.69 Å². The zero-order valence-electron chi connectivity index (χ0n) is 11.3. The van der Waals surface area contributed by atoms with Gasteiger partial charge in [0.2, 0.25) is 5.88 Å². The van der Waals surface area contributed by atoms with Crippen molar-refractivity contribution in [1.29, 1.82) is 0 Å².